The van der Waals surface area contributed by atoms with Gasteiger partial charge >= 0.3 is 0 Å². The Morgan fingerprint density at radius 3 is 2.50 bits per heavy atom. The lowest BCUT2D eigenvalue weighted by molar-refractivity contribution is -0.129. The van der Waals surface area contributed by atoms with Crippen molar-refractivity contribution in [2.45, 2.75) is 39.5 Å². The maximum atomic E-state index is 12.2. The predicted octanol–water partition coefficient (Wildman–Crippen LogP) is 3.42. The highest BCUT2D eigenvalue weighted by atomic mass is 16.5. The van der Waals surface area contributed by atoms with E-state index in [1.54, 1.807) is 6.08 Å². The zero-order valence-electron chi connectivity index (χ0n) is 14.2. The molecule has 0 aromatic heterocycles. The number of rotatable bonds is 3. The van der Waals surface area contributed by atoms with Crippen molar-refractivity contribution >= 4 is 12.0 Å². The van der Waals surface area contributed by atoms with Crippen molar-refractivity contribution in [1.82, 2.24) is 4.90 Å². The summed E-state index contributed by atoms with van der Waals surface area (Å²) in [4.78, 5) is 14.0. The first-order chi connectivity index (χ1) is 10.4. The van der Waals surface area contributed by atoms with Gasteiger partial charge in [-0.2, -0.15) is 0 Å². The maximum Gasteiger partial charge on any atom is 0.246 e. The summed E-state index contributed by atoms with van der Waals surface area (Å²) in [5.74, 6) is 0.0718. The van der Waals surface area contributed by atoms with Gasteiger partial charge in [-0.1, -0.05) is 45.9 Å². The minimum Gasteiger partial charge on any atom is -0.378 e. The fraction of sp³-hybridized carbons (Fsp3) is 0.526. The fourth-order valence-electron chi connectivity index (χ4n) is 2.51. The molecule has 3 nitrogen and oxygen atoms in total. The third-order valence-corrected chi connectivity index (χ3v) is 4.03. The van der Waals surface area contributed by atoms with E-state index in [2.05, 4.69) is 45.9 Å². The highest BCUT2D eigenvalue weighted by Gasteiger charge is 2.16. The standard InChI is InChI=1S/C19H27NO2/c1-5-15-12-16(14-17(13-15)19(2,3)4)6-7-18(21)20-8-10-22-11-9-20/h6-7,12-14H,5,8-11H2,1-4H3/b7-6+. The molecule has 1 aliphatic heterocycles. The summed E-state index contributed by atoms with van der Waals surface area (Å²) >= 11 is 0. The average molecular weight is 301 g/mol. The largest absolute Gasteiger partial charge is 0.378 e. The minimum absolute atomic E-state index is 0.0718. The van der Waals surface area contributed by atoms with Crippen molar-refractivity contribution in [2.24, 2.45) is 0 Å². The van der Waals surface area contributed by atoms with Gasteiger partial charge in [0.25, 0.3) is 0 Å². The van der Waals surface area contributed by atoms with Crippen LogP contribution in [0.25, 0.3) is 6.08 Å². The summed E-state index contributed by atoms with van der Waals surface area (Å²) in [6, 6.07) is 6.61. The molecule has 0 aliphatic carbocycles. The molecule has 0 bridgehead atoms. The number of morpholine rings is 1. The molecule has 1 heterocycles. The first kappa shape index (κ1) is 16.8. The zero-order valence-corrected chi connectivity index (χ0v) is 14.2. The summed E-state index contributed by atoms with van der Waals surface area (Å²) in [7, 11) is 0. The molecule has 1 amide bonds. The number of amides is 1. The molecule has 1 aliphatic rings. The molecule has 2 rings (SSSR count). The van der Waals surface area contributed by atoms with Gasteiger partial charge in [-0.05, 0) is 34.6 Å². The van der Waals surface area contributed by atoms with E-state index >= 15 is 0 Å². The fourth-order valence-corrected chi connectivity index (χ4v) is 2.51. The Balaban J connectivity index is 2.17. The van der Waals surface area contributed by atoms with Gasteiger partial charge in [0.1, 0.15) is 0 Å². The Morgan fingerprint density at radius 1 is 1.23 bits per heavy atom. The van der Waals surface area contributed by atoms with Crippen LogP contribution in [0.15, 0.2) is 24.3 Å². The van der Waals surface area contributed by atoms with Crippen molar-refractivity contribution in [3.8, 4) is 0 Å². The summed E-state index contributed by atoms with van der Waals surface area (Å²) < 4.78 is 5.28. The third kappa shape index (κ3) is 4.44. The number of carbonyl (C=O) groups excluding carboxylic acids is 1. The van der Waals surface area contributed by atoms with Crippen LogP contribution in [0.4, 0.5) is 0 Å². The lowest BCUT2D eigenvalue weighted by atomic mass is 9.84. The van der Waals surface area contributed by atoms with Gasteiger partial charge in [0.15, 0.2) is 0 Å². The van der Waals surface area contributed by atoms with Crippen molar-refractivity contribution in [3.05, 3.63) is 41.0 Å². The van der Waals surface area contributed by atoms with E-state index in [0.29, 0.717) is 26.3 Å². The zero-order chi connectivity index (χ0) is 16.2. The van der Waals surface area contributed by atoms with Gasteiger partial charge in [0, 0.05) is 19.2 Å². The molecule has 1 aromatic rings. The second-order valence-corrected chi connectivity index (χ2v) is 6.84. The Bertz CT molecular complexity index is 549. The summed E-state index contributed by atoms with van der Waals surface area (Å²) in [6.45, 7) is 11.5. The number of carbonyl (C=O) groups is 1. The van der Waals surface area contributed by atoms with E-state index in [1.165, 1.54) is 11.1 Å². The Kier molecular flexibility index (Phi) is 5.41. The second kappa shape index (κ2) is 7.10. The van der Waals surface area contributed by atoms with E-state index < -0.39 is 0 Å². The summed E-state index contributed by atoms with van der Waals surface area (Å²) in [5.41, 5.74) is 3.84. The molecular formula is C19H27NO2. The van der Waals surface area contributed by atoms with Gasteiger partial charge in [-0.15, -0.1) is 0 Å². The normalized spacial score (nSPS) is 16.3. The van der Waals surface area contributed by atoms with Gasteiger partial charge in [0.2, 0.25) is 5.91 Å². The molecule has 0 saturated carbocycles. The molecule has 0 unspecified atom stereocenters. The first-order valence-electron chi connectivity index (χ1n) is 8.09. The average Bonchev–Trinajstić information content (AvgIpc) is 2.52. The van der Waals surface area contributed by atoms with Crippen LogP contribution in [-0.4, -0.2) is 37.1 Å². The quantitative estimate of drug-likeness (QED) is 0.801. The SMILES string of the molecule is CCc1cc(/C=C/C(=O)N2CCOCC2)cc(C(C)(C)C)c1. The van der Waals surface area contributed by atoms with E-state index in [1.807, 2.05) is 11.0 Å². The van der Waals surface area contributed by atoms with E-state index in [-0.39, 0.29) is 11.3 Å². The lowest BCUT2D eigenvalue weighted by Gasteiger charge is -2.25. The third-order valence-electron chi connectivity index (χ3n) is 4.03. The molecule has 1 fully saturated rings. The Hall–Kier alpha value is -1.61. The number of aryl methyl sites for hydroxylation is 1. The minimum atomic E-state index is 0.0718. The van der Waals surface area contributed by atoms with Crippen LogP contribution < -0.4 is 0 Å². The predicted molar refractivity (Wildman–Crippen MR) is 91.0 cm³/mol. The molecule has 3 heteroatoms. The Labute approximate surface area is 134 Å². The number of benzene rings is 1. The highest BCUT2D eigenvalue weighted by molar-refractivity contribution is 5.91. The van der Waals surface area contributed by atoms with Gasteiger partial charge in [-0.3, -0.25) is 4.79 Å². The molecule has 0 atom stereocenters. The number of nitrogens with zero attached hydrogens (tertiary/aromatic N) is 1. The van der Waals surface area contributed by atoms with Crippen LogP contribution >= 0.6 is 0 Å². The highest BCUT2D eigenvalue weighted by Crippen LogP contribution is 2.25. The van der Waals surface area contributed by atoms with E-state index in [4.69, 9.17) is 4.74 Å². The molecule has 22 heavy (non-hydrogen) atoms. The van der Waals surface area contributed by atoms with Crippen molar-refractivity contribution in [2.75, 3.05) is 26.3 Å². The Morgan fingerprint density at radius 2 is 1.91 bits per heavy atom. The first-order valence-corrected chi connectivity index (χ1v) is 8.09. The number of hydrogen-bond acceptors (Lipinski definition) is 2. The van der Waals surface area contributed by atoms with E-state index in [0.717, 1.165) is 12.0 Å². The topological polar surface area (TPSA) is 29.5 Å². The maximum absolute atomic E-state index is 12.2. The van der Waals surface area contributed by atoms with Crippen LogP contribution in [0.1, 0.15) is 44.4 Å². The summed E-state index contributed by atoms with van der Waals surface area (Å²) in [6.07, 6.45) is 4.63. The molecule has 1 saturated heterocycles. The molecule has 0 radical (unpaired) electrons. The molecule has 1 aromatic carbocycles. The summed E-state index contributed by atoms with van der Waals surface area (Å²) in [5, 5.41) is 0. The van der Waals surface area contributed by atoms with Crippen LogP contribution in [0.2, 0.25) is 0 Å². The molecular weight excluding hydrogens is 274 g/mol. The van der Waals surface area contributed by atoms with Crippen LogP contribution in [0, 0.1) is 0 Å². The van der Waals surface area contributed by atoms with Gasteiger partial charge < -0.3 is 9.64 Å². The molecule has 0 spiro atoms. The van der Waals surface area contributed by atoms with Crippen LogP contribution in [0.3, 0.4) is 0 Å². The van der Waals surface area contributed by atoms with Gasteiger partial charge in [0.05, 0.1) is 13.2 Å². The van der Waals surface area contributed by atoms with Crippen LogP contribution in [-0.2, 0) is 21.4 Å². The second-order valence-electron chi connectivity index (χ2n) is 6.84. The van der Waals surface area contributed by atoms with E-state index in [9.17, 15) is 4.79 Å². The van der Waals surface area contributed by atoms with Gasteiger partial charge in [-0.25, -0.2) is 0 Å². The van der Waals surface area contributed by atoms with Crippen molar-refractivity contribution < 1.29 is 9.53 Å². The number of ether oxygens (including phenoxy) is 1. The van der Waals surface area contributed by atoms with Crippen molar-refractivity contribution in [1.29, 1.82) is 0 Å². The van der Waals surface area contributed by atoms with Crippen molar-refractivity contribution in [3.63, 3.8) is 0 Å². The molecule has 120 valence electrons. The smallest absolute Gasteiger partial charge is 0.246 e. The lowest BCUT2D eigenvalue weighted by Crippen LogP contribution is -2.39. The monoisotopic (exact) mass is 301 g/mol. The molecule has 0 N–H and O–H groups in total. The number of hydrogen-bond donors (Lipinski definition) is 0. The van der Waals surface area contributed by atoms with Crippen LogP contribution in [0.5, 0.6) is 0 Å².